The number of carbonyl (C=O) groups excluding carboxylic acids is 2. The number of rotatable bonds is 5. The molecule has 0 atom stereocenters. The van der Waals surface area contributed by atoms with Crippen LogP contribution in [0.25, 0.3) is 0 Å². The van der Waals surface area contributed by atoms with Gasteiger partial charge in [0.1, 0.15) is 0 Å². The van der Waals surface area contributed by atoms with E-state index in [-0.39, 0.29) is 43.1 Å². The molecule has 154 valence electrons. The van der Waals surface area contributed by atoms with Crippen LogP contribution in [0.1, 0.15) is 25.3 Å². The SMILES string of the molecule is CCOC(=O)NNC(=O)C1CCN(S(=O)(=O)c2cc([N+](=O)[O-])ccc2C)CC1. The first-order valence-corrected chi connectivity index (χ1v) is 10.1. The molecule has 0 aromatic heterocycles. The van der Waals surface area contributed by atoms with E-state index in [1.54, 1.807) is 13.8 Å². The average Bonchev–Trinajstić information content (AvgIpc) is 2.66. The second-order valence-corrected chi connectivity index (χ2v) is 8.13. The zero-order valence-electron chi connectivity index (χ0n) is 15.5. The number of carbonyl (C=O) groups is 2. The summed E-state index contributed by atoms with van der Waals surface area (Å²) in [5.74, 6) is -0.906. The summed E-state index contributed by atoms with van der Waals surface area (Å²) in [4.78, 5) is 33.5. The number of sulfonamides is 1. The molecule has 2 N–H and O–H groups in total. The molecule has 1 aliphatic heterocycles. The average molecular weight is 414 g/mol. The van der Waals surface area contributed by atoms with Gasteiger partial charge in [0, 0.05) is 31.1 Å². The summed E-state index contributed by atoms with van der Waals surface area (Å²) in [5, 5.41) is 10.9. The number of nitrogens with zero attached hydrogens (tertiary/aromatic N) is 2. The van der Waals surface area contributed by atoms with Crippen molar-refractivity contribution in [2.45, 2.75) is 31.6 Å². The summed E-state index contributed by atoms with van der Waals surface area (Å²) < 4.78 is 31.6. The Hall–Kier alpha value is -2.73. The van der Waals surface area contributed by atoms with Gasteiger partial charge < -0.3 is 4.74 Å². The fourth-order valence-corrected chi connectivity index (χ4v) is 4.57. The molecule has 12 heteroatoms. The van der Waals surface area contributed by atoms with Gasteiger partial charge in [0.05, 0.1) is 16.4 Å². The van der Waals surface area contributed by atoms with Gasteiger partial charge >= 0.3 is 6.09 Å². The fraction of sp³-hybridized carbons (Fsp3) is 0.500. The summed E-state index contributed by atoms with van der Waals surface area (Å²) in [6.45, 7) is 3.53. The third-order valence-corrected chi connectivity index (χ3v) is 6.43. The Labute approximate surface area is 162 Å². The third kappa shape index (κ3) is 4.95. The highest BCUT2D eigenvalue weighted by Crippen LogP contribution is 2.28. The van der Waals surface area contributed by atoms with Gasteiger partial charge in [-0.25, -0.2) is 18.6 Å². The maximum atomic E-state index is 12.9. The van der Waals surface area contributed by atoms with Gasteiger partial charge in [0.2, 0.25) is 15.9 Å². The number of nitrogens with one attached hydrogen (secondary N) is 2. The molecule has 2 rings (SSSR count). The highest BCUT2D eigenvalue weighted by Gasteiger charge is 2.33. The second kappa shape index (κ2) is 8.97. The van der Waals surface area contributed by atoms with Crippen LogP contribution in [0.5, 0.6) is 0 Å². The highest BCUT2D eigenvalue weighted by molar-refractivity contribution is 7.89. The van der Waals surface area contributed by atoms with E-state index in [1.165, 1.54) is 16.4 Å². The Morgan fingerprint density at radius 1 is 1.29 bits per heavy atom. The summed E-state index contributed by atoms with van der Waals surface area (Å²) in [6.07, 6.45) is -0.274. The monoisotopic (exact) mass is 414 g/mol. The molecule has 28 heavy (non-hydrogen) atoms. The van der Waals surface area contributed by atoms with Crippen molar-refractivity contribution in [1.29, 1.82) is 0 Å². The number of benzene rings is 1. The number of nitro benzene ring substituents is 1. The lowest BCUT2D eigenvalue weighted by Gasteiger charge is -2.30. The molecular formula is C16H22N4O7S. The van der Waals surface area contributed by atoms with Crippen LogP contribution >= 0.6 is 0 Å². The smallest absolute Gasteiger partial charge is 0.426 e. The molecule has 1 aromatic rings. The van der Waals surface area contributed by atoms with Crippen molar-refractivity contribution in [2.24, 2.45) is 5.92 Å². The minimum atomic E-state index is -3.92. The number of aryl methyl sites for hydroxylation is 1. The first kappa shape index (κ1) is 21.6. The van der Waals surface area contributed by atoms with Crippen molar-refractivity contribution in [3.63, 3.8) is 0 Å². The molecule has 0 spiro atoms. The molecule has 0 aliphatic carbocycles. The van der Waals surface area contributed by atoms with Gasteiger partial charge in [-0.2, -0.15) is 4.31 Å². The lowest BCUT2D eigenvalue weighted by atomic mass is 9.98. The van der Waals surface area contributed by atoms with E-state index in [0.717, 1.165) is 6.07 Å². The van der Waals surface area contributed by atoms with Crippen molar-refractivity contribution in [3.05, 3.63) is 33.9 Å². The van der Waals surface area contributed by atoms with E-state index in [2.05, 4.69) is 15.6 Å². The summed E-state index contributed by atoms with van der Waals surface area (Å²) >= 11 is 0. The number of nitro groups is 1. The molecule has 11 nitrogen and oxygen atoms in total. The number of non-ortho nitro benzene ring substituents is 1. The van der Waals surface area contributed by atoms with E-state index in [0.29, 0.717) is 5.56 Å². The van der Waals surface area contributed by atoms with Gasteiger partial charge in [0.15, 0.2) is 0 Å². The van der Waals surface area contributed by atoms with Crippen LogP contribution in [0, 0.1) is 23.0 Å². The van der Waals surface area contributed by atoms with E-state index >= 15 is 0 Å². The van der Waals surface area contributed by atoms with Crippen LogP contribution in [-0.4, -0.2) is 49.3 Å². The van der Waals surface area contributed by atoms with E-state index < -0.39 is 32.9 Å². The van der Waals surface area contributed by atoms with Crippen LogP contribution in [0.3, 0.4) is 0 Å². The number of amides is 2. The molecule has 1 fully saturated rings. The van der Waals surface area contributed by atoms with Gasteiger partial charge in [-0.3, -0.25) is 20.3 Å². The van der Waals surface area contributed by atoms with Crippen LogP contribution in [0.15, 0.2) is 23.1 Å². The predicted octanol–water partition coefficient (Wildman–Crippen LogP) is 1.08. The molecule has 0 unspecified atom stereocenters. The van der Waals surface area contributed by atoms with E-state index in [4.69, 9.17) is 0 Å². The Kier molecular flexibility index (Phi) is 6.91. The topological polar surface area (TPSA) is 148 Å². The standard InChI is InChI=1S/C16H22N4O7S/c1-3-27-16(22)18-17-15(21)12-6-8-19(9-7-12)28(25,26)14-10-13(20(23)24)5-4-11(14)2/h4-5,10,12H,3,6-9H2,1-2H3,(H,17,21)(H,18,22). The van der Waals surface area contributed by atoms with Crippen LogP contribution in [-0.2, 0) is 19.6 Å². The molecule has 1 aliphatic rings. The van der Waals surface area contributed by atoms with Crippen LogP contribution < -0.4 is 10.9 Å². The molecule has 0 bridgehead atoms. The molecule has 2 amide bonds. The van der Waals surface area contributed by atoms with Crippen molar-refractivity contribution in [1.82, 2.24) is 15.2 Å². The zero-order chi connectivity index (χ0) is 20.9. The molecular weight excluding hydrogens is 392 g/mol. The maximum absolute atomic E-state index is 12.9. The van der Waals surface area contributed by atoms with E-state index in [9.17, 15) is 28.1 Å². The predicted molar refractivity (Wildman–Crippen MR) is 97.6 cm³/mol. The van der Waals surface area contributed by atoms with Gasteiger partial charge in [-0.05, 0) is 32.3 Å². The van der Waals surface area contributed by atoms with Gasteiger partial charge in [-0.15, -0.1) is 0 Å². The number of piperidine rings is 1. The largest absolute Gasteiger partial charge is 0.449 e. The summed E-state index contributed by atoms with van der Waals surface area (Å²) in [6, 6.07) is 3.69. The zero-order valence-corrected chi connectivity index (χ0v) is 16.3. The highest BCUT2D eigenvalue weighted by atomic mass is 32.2. The number of hydrogen-bond donors (Lipinski definition) is 2. The lowest BCUT2D eigenvalue weighted by molar-refractivity contribution is -0.385. The Morgan fingerprint density at radius 3 is 2.50 bits per heavy atom. The maximum Gasteiger partial charge on any atom is 0.426 e. The molecule has 1 heterocycles. The first-order valence-electron chi connectivity index (χ1n) is 8.64. The Morgan fingerprint density at radius 2 is 1.93 bits per heavy atom. The summed E-state index contributed by atoms with van der Waals surface area (Å²) in [5.41, 5.74) is 4.46. The molecule has 0 saturated carbocycles. The fourth-order valence-electron chi connectivity index (χ4n) is 2.86. The van der Waals surface area contributed by atoms with Crippen molar-refractivity contribution in [2.75, 3.05) is 19.7 Å². The normalized spacial score (nSPS) is 15.6. The minimum absolute atomic E-state index is 0.0853. The van der Waals surface area contributed by atoms with E-state index in [1.807, 2.05) is 0 Å². The van der Waals surface area contributed by atoms with Crippen molar-refractivity contribution in [3.8, 4) is 0 Å². The van der Waals surface area contributed by atoms with Crippen molar-refractivity contribution < 1.29 is 27.7 Å². The minimum Gasteiger partial charge on any atom is -0.449 e. The quantitative estimate of drug-likeness (QED) is 0.541. The number of hydrogen-bond acceptors (Lipinski definition) is 7. The Balaban J connectivity index is 2.02. The second-order valence-electron chi connectivity index (χ2n) is 6.22. The van der Waals surface area contributed by atoms with Gasteiger partial charge in [-0.1, -0.05) is 6.07 Å². The van der Waals surface area contributed by atoms with Crippen molar-refractivity contribution >= 4 is 27.7 Å². The van der Waals surface area contributed by atoms with Crippen LogP contribution in [0.2, 0.25) is 0 Å². The van der Waals surface area contributed by atoms with Gasteiger partial charge in [0.25, 0.3) is 5.69 Å². The molecule has 1 aromatic carbocycles. The molecule has 0 radical (unpaired) electrons. The lowest BCUT2D eigenvalue weighted by Crippen LogP contribution is -2.48. The van der Waals surface area contributed by atoms with Crippen LogP contribution in [0.4, 0.5) is 10.5 Å². The first-order chi connectivity index (χ1) is 13.2. The third-order valence-electron chi connectivity index (χ3n) is 4.39. The number of hydrazine groups is 1. The summed E-state index contributed by atoms with van der Waals surface area (Å²) in [7, 11) is -3.92. The molecule has 1 saturated heterocycles. The Bertz CT molecular complexity index is 864. The number of ether oxygens (including phenoxy) is 1.